The number of ether oxygens (including phenoxy) is 1. The summed E-state index contributed by atoms with van der Waals surface area (Å²) >= 11 is 3.37. The van der Waals surface area contributed by atoms with Gasteiger partial charge in [-0.15, -0.1) is 0 Å². The molecule has 0 saturated heterocycles. The Hall–Kier alpha value is -3.26. The number of rotatable bonds is 6. The summed E-state index contributed by atoms with van der Waals surface area (Å²) in [6.07, 6.45) is 0. The lowest BCUT2D eigenvalue weighted by atomic mass is 10.1. The second kappa shape index (κ2) is 9.29. The molecule has 1 amide bonds. The van der Waals surface area contributed by atoms with E-state index < -0.39 is 17.4 Å². The number of nitrogens with one attached hydrogen (secondary N) is 1. The van der Waals surface area contributed by atoms with E-state index in [1.54, 1.807) is 37.3 Å². The monoisotopic (exact) mass is 455 g/mol. The van der Waals surface area contributed by atoms with E-state index in [-0.39, 0.29) is 18.7 Å². The molecule has 0 atom stereocenters. The number of carbonyl (C=O) groups excluding carboxylic acids is 2. The van der Waals surface area contributed by atoms with Gasteiger partial charge in [-0.1, -0.05) is 40.2 Å². The molecule has 0 fully saturated rings. The van der Waals surface area contributed by atoms with Crippen molar-refractivity contribution < 1.29 is 14.3 Å². The van der Waals surface area contributed by atoms with Crippen molar-refractivity contribution in [3.63, 3.8) is 0 Å². The van der Waals surface area contributed by atoms with Crippen LogP contribution in [0.4, 0.5) is 5.69 Å². The van der Waals surface area contributed by atoms with Crippen molar-refractivity contribution in [3.05, 3.63) is 81.1 Å². The van der Waals surface area contributed by atoms with Crippen LogP contribution in [0.2, 0.25) is 0 Å². The Morgan fingerprint density at radius 2 is 1.79 bits per heavy atom. The van der Waals surface area contributed by atoms with Crippen molar-refractivity contribution in [2.75, 3.05) is 11.9 Å². The van der Waals surface area contributed by atoms with Gasteiger partial charge in [0.15, 0.2) is 0 Å². The molecule has 2 aromatic carbocycles. The smallest absolute Gasteiger partial charge is 0.340 e. The molecule has 29 heavy (non-hydrogen) atoms. The lowest BCUT2D eigenvalue weighted by Crippen LogP contribution is -2.29. The third kappa shape index (κ3) is 5.17. The normalized spacial score (nSPS) is 10.4. The molecule has 0 aliphatic rings. The molecule has 3 aromatic rings. The molecule has 0 spiro atoms. The lowest BCUT2D eigenvalue weighted by Gasteiger charge is -2.11. The standard InChI is InChI=1S/C21H18BrN3O4/c1-2-29-21(28)16-5-3-4-6-18(16)23-19(26)13-25-20(27)12-11-17(24-25)14-7-9-15(22)10-8-14/h3-12H,2,13H2,1H3,(H,23,26). The first-order valence-corrected chi connectivity index (χ1v) is 9.67. The Bertz CT molecular complexity index is 1090. The summed E-state index contributed by atoms with van der Waals surface area (Å²) in [4.78, 5) is 36.7. The van der Waals surface area contributed by atoms with Gasteiger partial charge in [0, 0.05) is 16.1 Å². The van der Waals surface area contributed by atoms with Crippen LogP contribution < -0.4 is 10.9 Å². The van der Waals surface area contributed by atoms with Crippen molar-refractivity contribution in [3.8, 4) is 11.3 Å². The number of benzene rings is 2. The molecule has 0 bridgehead atoms. The lowest BCUT2D eigenvalue weighted by molar-refractivity contribution is -0.117. The largest absolute Gasteiger partial charge is 0.462 e. The van der Waals surface area contributed by atoms with Gasteiger partial charge in [0.2, 0.25) is 5.91 Å². The zero-order chi connectivity index (χ0) is 20.8. The second-order valence-corrected chi connectivity index (χ2v) is 6.95. The van der Waals surface area contributed by atoms with Crippen LogP contribution in [-0.2, 0) is 16.1 Å². The summed E-state index contributed by atoms with van der Waals surface area (Å²) in [6.45, 7) is 1.64. The zero-order valence-corrected chi connectivity index (χ0v) is 17.2. The van der Waals surface area contributed by atoms with Crippen LogP contribution in [0.1, 0.15) is 17.3 Å². The number of hydrogen-bond acceptors (Lipinski definition) is 5. The Morgan fingerprint density at radius 3 is 2.52 bits per heavy atom. The number of hydrogen-bond donors (Lipinski definition) is 1. The number of nitrogens with zero attached hydrogens (tertiary/aromatic N) is 2. The number of carbonyl (C=O) groups is 2. The molecule has 7 nitrogen and oxygen atoms in total. The number of halogens is 1. The van der Waals surface area contributed by atoms with E-state index in [0.29, 0.717) is 11.4 Å². The van der Waals surface area contributed by atoms with Gasteiger partial charge in [-0.3, -0.25) is 9.59 Å². The summed E-state index contributed by atoms with van der Waals surface area (Å²) in [7, 11) is 0. The Kier molecular flexibility index (Phi) is 6.56. The van der Waals surface area contributed by atoms with E-state index in [0.717, 1.165) is 14.7 Å². The highest BCUT2D eigenvalue weighted by Gasteiger charge is 2.15. The van der Waals surface area contributed by atoms with Crippen LogP contribution in [0.3, 0.4) is 0 Å². The van der Waals surface area contributed by atoms with Gasteiger partial charge < -0.3 is 10.1 Å². The molecule has 0 unspecified atom stereocenters. The van der Waals surface area contributed by atoms with Gasteiger partial charge in [-0.2, -0.15) is 5.10 Å². The quantitative estimate of drug-likeness (QED) is 0.574. The molecule has 3 rings (SSSR count). The Balaban J connectivity index is 1.80. The fourth-order valence-electron chi connectivity index (χ4n) is 2.64. The first-order chi connectivity index (χ1) is 14.0. The van der Waals surface area contributed by atoms with E-state index >= 15 is 0 Å². The summed E-state index contributed by atoms with van der Waals surface area (Å²) < 4.78 is 7.01. The van der Waals surface area contributed by atoms with E-state index in [1.165, 1.54) is 6.07 Å². The van der Waals surface area contributed by atoms with Crippen LogP contribution in [0.25, 0.3) is 11.3 Å². The minimum Gasteiger partial charge on any atom is -0.462 e. The molecule has 1 N–H and O–H groups in total. The van der Waals surface area contributed by atoms with E-state index in [2.05, 4.69) is 26.3 Å². The van der Waals surface area contributed by atoms with Gasteiger partial charge >= 0.3 is 5.97 Å². The third-order valence-electron chi connectivity index (χ3n) is 4.00. The highest BCUT2D eigenvalue weighted by molar-refractivity contribution is 9.10. The van der Waals surface area contributed by atoms with Crippen molar-refractivity contribution in [1.82, 2.24) is 9.78 Å². The molecule has 1 aromatic heterocycles. The van der Waals surface area contributed by atoms with E-state index in [1.807, 2.05) is 24.3 Å². The van der Waals surface area contributed by atoms with Crippen molar-refractivity contribution in [1.29, 1.82) is 0 Å². The summed E-state index contributed by atoms with van der Waals surface area (Å²) in [5.41, 5.74) is 1.53. The van der Waals surface area contributed by atoms with Crippen LogP contribution in [0.15, 0.2) is 69.9 Å². The minimum atomic E-state index is -0.532. The molecule has 0 radical (unpaired) electrons. The molecule has 148 valence electrons. The highest BCUT2D eigenvalue weighted by atomic mass is 79.9. The second-order valence-electron chi connectivity index (χ2n) is 6.04. The number of esters is 1. The number of amides is 1. The van der Waals surface area contributed by atoms with E-state index in [9.17, 15) is 14.4 Å². The van der Waals surface area contributed by atoms with Crippen molar-refractivity contribution >= 4 is 33.5 Å². The third-order valence-corrected chi connectivity index (χ3v) is 4.53. The molecular weight excluding hydrogens is 438 g/mol. The number of para-hydroxylation sites is 1. The Morgan fingerprint density at radius 1 is 1.07 bits per heavy atom. The molecule has 0 saturated carbocycles. The molecule has 1 heterocycles. The maximum atomic E-state index is 12.5. The first kappa shape index (κ1) is 20.5. The maximum absolute atomic E-state index is 12.5. The average Bonchev–Trinajstić information content (AvgIpc) is 2.71. The predicted molar refractivity (Wildman–Crippen MR) is 113 cm³/mol. The molecular formula is C21H18BrN3O4. The number of aromatic nitrogens is 2. The van der Waals surface area contributed by atoms with Gasteiger partial charge in [0.05, 0.1) is 23.6 Å². The minimum absolute atomic E-state index is 0.225. The van der Waals surface area contributed by atoms with Crippen LogP contribution in [0.5, 0.6) is 0 Å². The van der Waals surface area contributed by atoms with Gasteiger partial charge in [-0.05, 0) is 37.3 Å². The summed E-state index contributed by atoms with van der Waals surface area (Å²) in [5.74, 6) is -1.01. The fourth-order valence-corrected chi connectivity index (χ4v) is 2.91. The molecule has 0 aliphatic heterocycles. The maximum Gasteiger partial charge on any atom is 0.340 e. The van der Waals surface area contributed by atoms with Gasteiger partial charge in [0.25, 0.3) is 5.56 Å². The van der Waals surface area contributed by atoms with Gasteiger partial charge in [-0.25, -0.2) is 9.48 Å². The van der Waals surface area contributed by atoms with Crippen molar-refractivity contribution in [2.24, 2.45) is 0 Å². The SMILES string of the molecule is CCOC(=O)c1ccccc1NC(=O)Cn1nc(-c2ccc(Br)cc2)ccc1=O. The van der Waals surface area contributed by atoms with Crippen LogP contribution in [-0.4, -0.2) is 28.3 Å². The summed E-state index contributed by atoms with van der Waals surface area (Å²) in [6, 6.07) is 16.9. The Labute approximate surface area is 175 Å². The first-order valence-electron chi connectivity index (χ1n) is 8.88. The summed E-state index contributed by atoms with van der Waals surface area (Å²) in [5, 5.41) is 6.92. The molecule has 8 heteroatoms. The fraction of sp³-hybridized carbons (Fsp3) is 0.143. The average molecular weight is 456 g/mol. The zero-order valence-electron chi connectivity index (χ0n) is 15.6. The number of anilines is 1. The van der Waals surface area contributed by atoms with Crippen LogP contribution in [0, 0.1) is 0 Å². The highest BCUT2D eigenvalue weighted by Crippen LogP contribution is 2.19. The molecule has 0 aliphatic carbocycles. The van der Waals surface area contributed by atoms with E-state index in [4.69, 9.17) is 4.74 Å². The predicted octanol–water partition coefficient (Wildman–Crippen LogP) is 3.49. The van der Waals surface area contributed by atoms with Crippen molar-refractivity contribution in [2.45, 2.75) is 13.5 Å². The topological polar surface area (TPSA) is 90.3 Å². The van der Waals surface area contributed by atoms with Gasteiger partial charge in [0.1, 0.15) is 6.54 Å². The van der Waals surface area contributed by atoms with Crippen LogP contribution >= 0.6 is 15.9 Å².